The van der Waals surface area contributed by atoms with Gasteiger partial charge in [0.25, 0.3) is 0 Å². The molecule has 0 unspecified atom stereocenters. The van der Waals surface area contributed by atoms with Crippen molar-refractivity contribution < 1.29 is 9.47 Å². The number of hydrogen-bond acceptors (Lipinski definition) is 3. The molecule has 2 N–H and O–H groups in total. The van der Waals surface area contributed by atoms with Crippen LogP contribution < -0.4 is 20.1 Å². The van der Waals surface area contributed by atoms with Crippen LogP contribution in [-0.4, -0.2) is 19.3 Å². The van der Waals surface area contributed by atoms with Crippen molar-refractivity contribution in [3.63, 3.8) is 0 Å². The summed E-state index contributed by atoms with van der Waals surface area (Å²) in [4.78, 5) is 0. The fourth-order valence-electron chi connectivity index (χ4n) is 2.71. The van der Waals surface area contributed by atoms with Gasteiger partial charge in [-0.05, 0) is 53.9 Å². The van der Waals surface area contributed by atoms with Crippen LogP contribution in [0.25, 0.3) is 0 Å². The smallest absolute Gasteiger partial charge is 0.171 e. The van der Waals surface area contributed by atoms with Crippen LogP contribution in [0.4, 0.5) is 5.69 Å². The molecule has 0 amide bonds. The number of hydrogen-bond donors (Lipinski definition) is 2. The number of ether oxygens (including phenoxy) is 2. The van der Waals surface area contributed by atoms with Gasteiger partial charge in [-0.15, -0.1) is 0 Å². The molecule has 25 heavy (non-hydrogen) atoms. The molecule has 0 aromatic heterocycles. The second-order valence-corrected chi connectivity index (χ2v) is 6.10. The van der Waals surface area contributed by atoms with Crippen molar-refractivity contribution in [2.24, 2.45) is 0 Å². The number of thiocarbonyl (C=S) groups is 1. The molecule has 0 aliphatic heterocycles. The Labute approximate surface area is 155 Å². The van der Waals surface area contributed by atoms with E-state index in [9.17, 15) is 0 Å². The molecular weight excluding hydrogens is 332 g/mol. The lowest BCUT2D eigenvalue weighted by molar-refractivity contribution is 0.393. The van der Waals surface area contributed by atoms with Crippen LogP contribution in [0.3, 0.4) is 0 Å². The number of para-hydroxylation sites is 1. The second kappa shape index (κ2) is 9.28. The lowest BCUT2D eigenvalue weighted by Crippen LogP contribution is -2.28. The van der Waals surface area contributed by atoms with E-state index in [-0.39, 0.29) is 0 Å². The Bertz CT molecular complexity index is 687. The predicted octanol–water partition coefficient (Wildman–Crippen LogP) is 4.32. The van der Waals surface area contributed by atoms with E-state index in [0.29, 0.717) is 11.7 Å². The molecule has 0 spiro atoms. The highest BCUT2D eigenvalue weighted by Gasteiger charge is 2.08. The fourth-order valence-corrected chi connectivity index (χ4v) is 2.89. The van der Waals surface area contributed by atoms with Crippen LogP contribution in [0.5, 0.6) is 11.5 Å². The summed E-state index contributed by atoms with van der Waals surface area (Å²) >= 11 is 5.49. The van der Waals surface area contributed by atoms with Gasteiger partial charge in [-0.1, -0.05) is 32.0 Å². The van der Waals surface area contributed by atoms with E-state index >= 15 is 0 Å². The molecule has 134 valence electrons. The van der Waals surface area contributed by atoms with Crippen molar-refractivity contribution in [3.8, 4) is 11.5 Å². The van der Waals surface area contributed by atoms with Crippen LogP contribution >= 0.6 is 12.2 Å². The first-order valence-corrected chi connectivity index (χ1v) is 8.89. The van der Waals surface area contributed by atoms with Gasteiger partial charge in [-0.2, -0.15) is 0 Å². The zero-order chi connectivity index (χ0) is 18.2. The zero-order valence-electron chi connectivity index (χ0n) is 15.3. The molecule has 0 heterocycles. The summed E-state index contributed by atoms with van der Waals surface area (Å²) in [7, 11) is 3.29. The highest BCUT2D eigenvalue weighted by molar-refractivity contribution is 7.80. The van der Waals surface area contributed by atoms with E-state index < -0.39 is 0 Å². The van der Waals surface area contributed by atoms with Crippen LogP contribution in [0.1, 0.15) is 30.5 Å². The van der Waals surface area contributed by atoms with Gasteiger partial charge >= 0.3 is 0 Å². The molecule has 0 aliphatic rings. The van der Waals surface area contributed by atoms with Crippen LogP contribution in [0.2, 0.25) is 0 Å². The van der Waals surface area contributed by atoms with Gasteiger partial charge in [0.1, 0.15) is 11.5 Å². The average molecular weight is 359 g/mol. The first-order valence-electron chi connectivity index (χ1n) is 8.48. The van der Waals surface area contributed by atoms with Crippen molar-refractivity contribution in [2.45, 2.75) is 33.2 Å². The Kier molecular flexibility index (Phi) is 7.07. The molecule has 0 aliphatic carbocycles. The van der Waals surface area contributed by atoms with Crippen LogP contribution in [0.15, 0.2) is 36.4 Å². The van der Waals surface area contributed by atoms with Crippen molar-refractivity contribution >= 4 is 23.0 Å². The molecule has 0 atom stereocenters. The number of aryl methyl sites for hydroxylation is 2. The largest absolute Gasteiger partial charge is 0.497 e. The third-order valence-electron chi connectivity index (χ3n) is 4.10. The topological polar surface area (TPSA) is 42.5 Å². The van der Waals surface area contributed by atoms with E-state index in [1.54, 1.807) is 14.2 Å². The van der Waals surface area contributed by atoms with E-state index in [1.165, 1.54) is 11.1 Å². The lowest BCUT2D eigenvalue weighted by atomic mass is 10.0. The van der Waals surface area contributed by atoms with Crippen molar-refractivity contribution in [2.75, 3.05) is 19.5 Å². The molecular formula is C20H26N2O2S. The number of benzene rings is 2. The molecule has 0 radical (unpaired) electrons. The zero-order valence-corrected chi connectivity index (χ0v) is 16.1. The number of anilines is 1. The fraction of sp³-hybridized carbons (Fsp3) is 0.350. The number of nitrogens with one attached hydrogen (secondary N) is 2. The Balaban J connectivity index is 2.07. The first kappa shape index (κ1) is 19.1. The highest BCUT2D eigenvalue weighted by Crippen LogP contribution is 2.24. The predicted molar refractivity (Wildman–Crippen MR) is 108 cm³/mol. The average Bonchev–Trinajstić information content (AvgIpc) is 2.66. The van der Waals surface area contributed by atoms with Gasteiger partial charge in [0.2, 0.25) is 0 Å². The Morgan fingerprint density at radius 3 is 2.00 bits per heavy atom. The summed E-state index contributed by atoms with van der Waals surface area (Å²) in [5, 5.41) is 7.24. The molecule has 0 bridgehead atoms. The quantitative estimate of drug-likeness (QED) is 0.722. The molecule has 0 saturated heterocycles. The number of rotatable bonds is 7. The van der Waals surface area contributed by atoms with Gasteiger partial charge in [-0.3, -0.25) is 0 Å². The molecule has 4 nitrogen and oxygen atoms in total. The Morgan fingerprint density at radius 1 is 0.960 bits per heavy atom. The molecule has 0 saturated carbocycles. The van der Waals surface area contributed by atoms with Crippen LogP contribution in [0, 0.1) is 0 Å². The Hall–Kier alpha value is -2.27. The van der Waals surface area contributed by atoms with Gasteiger partial charge in [-0.25, -0.2) is 0 Å². The third kappa shape index (κ3) is 5.10. The summed E-state index contributed by atoms with van der Waals surface area (Å²) in [6, 6.07) is 12.2. The van der Waals surface area contributed by atoms with E-state index in [0.717, 1.165) is 35.6 Å². The third-order valence-corrected chi connectivity index (χ3v) is 4.35. The minimum atomic E-state index is 0.592. The molecule has 2 rings (SSSR count). The Morgan fingerprint density at radius 2 is 1.52 bits per heavy atom. The van der Waals surface area contributed by atoms with Crippen molar-refractivity contribution in [3.05, 3.63) is 53.1 Å². The summed E-state index contributed by atoms with van der Waals surface area (Å²) < 4.78 is 10.6. The molecule has 0 fully saturated rings. The second-order valence-electron chi connectivity index (χ2n) is 5.69. The molecule has 2 aromatic carbocycles. The van der Waals surface area contributed by atoms with E-state index in [4.69, 9.17) is 21.7 Å². The first-order chi connectivity index (χ1) is 12.1. The van der Waals surface area contributed by atoms with Gasteiger partial charge in [0, 0.05) is 18.3 Å². The highest BCUT2D eigenvalue weighted by atomic mass is 32.1. The van der Waals surface area contributed by atoms with Gasteiger partial charge < -0.3 is 20.1 Å². The van der Waals surface area contributed by atoms with Gasteiger partial charge in [0.05, 0.1) is 14.2 Å². The summed E-state index contributed by atoms with van der Waals surface area (Å²) in [6.45, 7) is 4.90. The SMILES string of the molecule is CCc1cccc(CC)c1NC(=S)NCc1cc(OC)cc(OC)c1. The maximum absolute atomic E-state index is 5.49. The summed E-state index contributed by atoms with van der Waals surface area (Å²) in [6.07, 6.45) is 1.93. The summed E-state index contributed by atoms with van der Waals surface area (Å²) in [5.41, 5.74) is 4.70. The van der Waals surface area contributed by atoms with Gasteiger partial charge in [0.15, 0.2) is 5.11 Å². The molecule has 2 aromatic rings. The van der Waals surface area contributed by atoms with E-state index in [2.05, 4.69) is 42.7 Å². The lowest BCUT2D eigenvalue weighted by Gasteiger charge is -2.17. The van der Waals surface area contributed by atoms with Crippen molar-refractivity contribution in [1.29, 1.82) is 0 Å². The normalized spacial score (nSPS) is 10.2. The number of methoxy groups -OCH3 is 2. The standard InChI is InChI=1S/C20H26N2O2S/c1-5-15-8-7-9-16(6-2)19(15)22-20(25)21-13-14-10-17(23-3)12-18(11-14)24-4/h7-12H,5-6,13H2,1-4H3,(H2,21,22,25). The maximum atomic E-state index is 5.49. The minimum Gasteiger partial charge on any atom is -0.497 e. The van der Waals surface area contributed by atoms with Crippen molar-refractivity contribution in [1.82, 2.24) is 5.32 Å². The monoisotopic (exact) mass is 358 g/mol. The van der Waals surface area contributed by atoms with Crippen LogP contribution in [-0.2, 0) is 19.4 Å². The summed E-state index contributed by atoms with van der Waals surface area (Å²) in [5.74, 6) is 1.53. The molecule has 5 heteroatoms. The van der Waals surface area contributed by atoms with E-state index in [1.807, 2.05) is 18.2 Å². The maximum Gasteiger partial charge on any atom is 0.171 e. The minimum absolute atomic E-state index is 0.592.